The minimum Gasteiger partial charge on any atom is -0.508 e. The number of hydrogen-bond acceptors (Lipinski definition) is 12. The lowest BCUT2D eigenvalue weighted by atomic mass is 9.84. The van der Waals surface area contributed by atoms with Gasteiger partial charge in [-0.1, -0.05) is 39.8 Å². The number of carbonyl (C=O) groups excluding carboxylic acids is 5. The maximum absolute atomic E-state index is 14.8. The molecule has 3 N–H and O–H groups in total. The van der Waals surface area contributed by atoms with Crippen LogP contribution in [0.4, 0.5) is 8.78 Å². The number of nitrogens with zero attached hydrogens (tertiary/aromatic N) is 6. The third-order valence-electron chi connectivity index (χ3n) is 14.9. The summed E-state index contributed by atoms with van der Waals surface area (Å²) >= 11 is 0. The summed E-state index contributed by atoms with van der Waals surface area (Å²) in [6, 6.07) is 8.49. The van der Waals surface area contributed by atoms with Gasteiger partial charge in [-0.2, -0.15) is 8.78 Å². The number of esters is 1. The van der Waals surface area contributed by atoms with Gasteiger partial charge in [0.2, 0.25) is 11.8 Å². The average molecular weight is 1040 g/mol. The molecule has 3 saturated heterocycles. The minimum absolute atomic E-state index is 0.0251. The Labute approximate surface area is 437 Å². The van der Waals surface area contributed by atoms with Crippen LogP contribution >= 0.6 is 0 Å². The van der Waals surface area contributed by atoms with Crippen LogP contribution in [0.25, 0.3) is 33.3 Å². The predicted octanol–water partition coefficient (Wildman–Crippen LogP) is 5.71. The van der Waals surface area contributed by atoms with Gasteiger partial charge in [-0.25, -0.2) is 10.3 Å². The van der Waals surface area contributed by atoms with Crippen molar-refractivity contribution >= 4 is 40.5 Å². The van der Waals surface area contributed by atoms with Crippen molar-refractivity contribution in [2.45, 2.75) is 110 Å². The number of halogens is 2. The van der Waals surface area contributed by atoms with Crippen LogP contribution < -0.4 is 10.7 Å². The summed E-state index contributed by atoms with van der Waals surface area (Å²) in [5, 5.41) is 16.7. The molecule has 0 unspecified atom stereocenters. The molecule has 402 valence electrons. The van der Waals surface area contributed by atoms with Crippen molar-refractivity contribution in [1.29, 1.82) is 0 Å². The lowest BCUT2D eigenvalue weighted by molar-refractivity contribution is -0.155. The lowest BCUT2D eigenvalue weighted by Crippen LogP contribution is -2.62. The van der Waals surface area contributed by atoms with Gasteiger partial charge in [-0.05, 0) is 110 Å². The number of likely N-dealkylation sites (tertiary alicyclic amines) is 1. The lowest BCUT2D eigenvalue weighted by Gasteiger charge is -2.37. The molecule has 75 heavy (non-hydrogen) atoms. The second kappa shape index (κ2) is 22.8. The van der Waals surface area contributed by atoms with E-state index in [9.17, 15) is 37.9 Å². The Hall–Kier alpha value is -6.46. The normalized spacial score (nSPS) is 21.5. The quantitative estimate of drug-likeness (QED) is 0.1000. The number of aromatic hydroxyl groups is 1. The topological polar surface area (TPSA) is 188 Å². The van der Waals surface area contributed by atoms with Gasteiger partial charge < -0.3 is 39.0 Å². The first-order valence-corrected chi connectivity index (χ1v) is 26.0. The number of phenolic OH excluding ortho intramolecular Hbond substituents is 1. The fraction of sp³-hybridized carbons (Fsp3) is 0.536. The molecule has 2 aromatic carbocycles. The molecular weight excluding hydrogens is 967 g/mol. The number of hydrogen-bond donors (Lipinski definition) is 3. The molecule has 4 aromatic rings. The van der Waals surface area contributed by atoms with Crippen LogP contribution in [0, 0.1) is 29.1 Å². The number of rotatable bonds is 10. The van der Waals surface area contributed by atoms with Crippen molar-refractivity contribution in [2.75, 3.05) is 66.7 Å². The predicted molar refractivity (Wildman–Crippen MR) is 277 cm³/mol. The number of fused-ring (bicyclic) bond motifs is 6. The highest BCUT2D eigenvalue weighted by atomic mass is 19.3. The fourth-order valence-electron chi connectivity index (χ4n) is 11.0. The van der Waals surface area contributed by atoms with Crippen molar-refractivity contribution < 1.29 is 52.1 Å². The zero-order valence-electron chi connectivity index (χ0n) is 44.2. The molecule has 17 nitrogen and oxygen atoms in total. The van der Waals surface area contributed by atoms with Crippen LogP contribution in [0.1, 0.15) is 83.7 Å². The van der Waals surface area contributed by atoms with E-state index in [1.807, 2.05) is 31.0 Å². The molecule has 4 amide bonds. The third-order valence-corrected chi connectivity index (χ3v) is 14.9. The number of ether oxygens (including phenoxy) is 3. The number of likely N-dealkylation sites (N-methyl/N-ethyl adjacent to an activating group) is 1. The molecule has 4 aliphatic heterocycles. The number of methoxy groups -OCH3 is 1. The number of alkyl halides is 2. The molecule has 0 saturated carbocycles. The van der Waals surface area contributed by atoms with Gasteiger partial charge in [0.15, 0.2) is 0 Å². The van der Waals surface area contributed by atoms with Crippen molar-refractivity contribution in [3.05, 3.63) is 71.5 Å². The molecule has 0 aliphatic carbocycles. The Morgan fingerprint density at radius 2 is 1.80 bits per heavy atom. The largest absolute Gasteiger partial charge is 0.508 e. The van der Waals surface area contributed by atoms with E-state index in [-0.39, 0.29) is 77.2 Å². The number of phenols is 1. The number of benzene rings is 2. The Bertz CT molecular complexity index is 2870. The van der Waals surface area contributed by atoms with Crippen LogP contribution in [0.5, 0.6) is 5.75 Å². The van der Waals surface area contributed by atoms with Crippen LogP contribution in [0.3, 0.4) is 0 Å². The van der Waals surface area contributed by atoms with Gasteiger partial charge in [0.05, 0.1) is 43.2 Å². The van der Waals surface area contributed by atoms with E-state index < -0.39 is 71.0 Å². The highest BCUT2D eigenvalue weighted by molar-refractivity contribution is 5.97. The number of aromatic nitrogens is 2. The smallest absolute Gasteiger partial charge is 0.370 e. The summed E-state index contributed by atoms with van der Waals surface area (Å²) in [5.41, 5.74) is 9.21. The highest BCUT2D eigenvalue weighted by Gasteiger charge is 2.41. The molecule has 0 radical (unpaired) electrons. The van der Waals surface area contributed by atoms with Gasteiger partial charge in [0.1, 0.15) is 23.9 Å². The summed E-state index contributed by atoms with van der Waals surface area (Å²) in [5.74, 6) is -0.302. The number of pyridine rings is 1. The summed E-state index contributed by atoms with van der Waals surface area (Å²) in [6.07, 6.45) is 2.97. The molecule has 8 rings (SSSR count). The van der Waals surface area contributed by atoms with E-state index in [0.717, 1.165) is 43.9 Å². The van der Waals surface area contributed by atoms with Crippen molar-refractivity contribution in [1.82, 2.24) is 40.0 Å². The SMILES string of the molecule is CCn1c(-c2cccnc2[C@H](C)OC)c2c3cc(ccc31)-c1cc(O)cc(c1)C[C@H](NC(=O)[C@H](C(C)C)N(C)C(=O)[C@H]1CCN(C(=O)C#CC(F)(F)N3CCOCC3)C1)C(=O)N1CCC[C@H](N1)C(=O)OCC(C)(C)C2. The summed E-state index contributed by atoms with van der Waals surface area (Å²) in [6.45, 7) is 12.9. The molecule has 4 aliphatic rings. The second-order valence-corrected chi connectivity index (χ2v) is 21.3. The monoisotopic (exact) mass is 1040 g/mol. The molecule has 6 heterocycles. The summed E-state index contributed by atoms with van der Waals surface area (Å²) in [4.78, 5) is 79.0. The van der Waals surface area contributed by atoms with E-state index in [4.69, 9.17) is 19.2 Å². The average Bonchev–Trinajstić information content (AvgIpc) is 4.02. The molecule has 19 heteroatoms. The zero-order chi connectivity index (χ0) is 53.9. The number of aryl methyl sites for hydroxylation is 1. The summed E-state index contributed by atoms with van der Waals surface area (Å²) < 4.78 is 49.0. The number of amides is 4. The number of cyclic esters (lactones) is 1. The van der Waals surface area contributed by atoms with Crippen molar-refractivity contribution in [3.63, 3.8) is 0 Å². The first kappa shape index (κ1) is 54.8. The van der Waals surface area contributed by atoms with E-state index in [0.29, 0.717) is 36.9 Å². The van der Waals surface area contributed by atoms with E-state index in [2.05, 4.69) is 60.2 Å². The molecular formula is C56H70F2N8O9. The van der Waals surface area contributed by atoms with Crippen molar-refractivity contribution in [3.8, 4) is 40.0 Å². The number of nitrogens with one attached hydrogen (secondary N) is 2. The van der Waals surface area contributed by atoms with Gasteiger partial charge in [0.25, 0.3) is 11.8 Å². The molecule has 6 bridgehead atoms. The fourth-order valence-corrected chi connectivity index (χ4v) is 11.0. The van der Waals surface area contributed by atoms with Gasteiger partial charge in [-0.15, -0.1) is 0 Å². The van der Waals surface area contributed by atoms with Crippen LogP contribution in [-0.4, -0.2) is 155 Å². The van der Waals surface area contributed by atoms with Crippen LogP contribution in [-0.2, 0) is 57.6 Å². The molecule has 3 fully saturated rings. The maximum atomic E-state index is 14.8. The van der Waals surface area contributed by atoms with Crippen molar-refractivity contribution in [2.24, 2.45) is 17.3 Å². The van der Waals surface area contributed by atoms with Gasteiger partial charge in [0, 0.05) is 93.8 Å². The second-order valence-electron chi connectivity index (χ2n) is 21.3. The standard InChI is InChI=1S/C56H70F2N8O9/c1-9-65-46-15-14-37-30-42(46)43(50(65)41-12-10-19-59-48(41)35(4)73-8)31-55(5,6)33-75-54(72)44-13-11-20-66(61-44)53(71)45(28-36-26-39(37)29-40(67)27-36)60-51(69)49(34(2)3)62(7)52(70)38-17-21-63(32-38)47(68)16-18-56(57,58)64-22-24-74-25-23-64/h10,12,14-15,19,26-27,29-30,34-35,38,44-45,49,61,67H,9,11,13,17,20-25,28,31-33H2,1-8H3,(H,60,69)/t35-,38-,44-,45-,49-/m0/s1. The summed E-state index contributed by atoms with van der Waals surface area (Å²) in [7, 11) is 3.15. The Balaban J connectivity index is 1.11. The van der Waals surface area contributed by atoms with E-state index >= 15 is 0 Å². The zero-order valence-corrected chi connectivity index (χ0v) is 44.2. The highest BCUT2D eigenvalue weighted by Crippen LogP contribution is 2.42. The minimum atomic E-state index is -3.53. The van der Waals surface area contributed by atoms with E-state index in [1.54, 1.807) is 39.3 Å². The molecule has 2 aromatic heterocycles. The molecule has 0 spiro atoms. The molecule has 5 atom stereocenters. The Kier molecular flexibility index (Phi) is 16.7. The first-order chi connectivity index (χ1) is 35.7. The number of carbonyl (C=O) groups is 5. The number of morpholine rings is 1. The van der Waals surface area contributed by atoms with Crippen LogP contribution in [0.15, 0.2) is 54.7 Å². The Morgan fingerprint density at radius 1 is 1.04 bits per heavy atom. The first-order valence-electron chi connectivity index (χ1n) is 26.0. The Morgan fingerprint density at radius 3 is 2.52 bits per heavy atom. The van der Waals surface area contributed by atoms with Crippen LogP contribution in [0.2, 0.25) is 0 Å². The maximum Gasteiger partial charge on any atom is 0.370 e. The van der Waals surface area contributed by atoms with E-state index in [1.165, 1.54) is 21.9 Å². The third kappa shape index (κ3) is 12.0. The number of hydrazine groups is 1. The van der Waals surface area contributed by atoms with Gasteiger partial charge in [-0.3, -0.25) is 34.0 Å². The van der Waals surface area contributed by atoms with Gasteiger partial charge >= 0.3 is 12.0 Å².